The van der Waals surface area contributed by atoms with Gasteiger partial charge in [0.25, 0.3) is 0 Å². The molecule has 0 unspecified atom stereocenters. The predicted molar refractivity (Wildman–Crippen MR) is 285 cm³/mol. The van der Waals surface area contributed by atoms with Crippen molar-refractivity contribution >= 4 is 29.8 Å². The molecule has 0 bridgehead atoms. The largest absolute Gasteiger partial charge is 0.481 e. The minimum absolute atomic E-state index is 0.111. The van der Waals surface area contributed by atoms with Crippen molar-refractivity contribution in [2.75, 3.05) is 79.7 Å². The standard InChI is InChI=1S/C18H34N2O2.C16H30N2O2.C16H18N2O2.C7H12O4/c1-19-11-7-15(8-12-19)3-5-17(18(21)22)6-4-16-9-13-20(2)14-10-16;2*19-16(20)15(3-1-13-5-9-17-10-6-13)4-2-14-7-11-18-12-8-14;1-3-10-6(8)5-7(9)11-4-2/h15-17H,3-14H2,1-2H3,(H,21,22);13-15,17-18H,1-12H2,(H,19,20);5-12,15H,1-4H2,(H,19,20);3-5H2,1-2H3. The van der Waals surface area contributed by atoms with Crippen LogP contribution in [0.2, 0.25) is 0 Å². The number of hydrogen-bond acceptors (Lipinski definition) is 13. The number of aliphatic carboxylic acids is 3. The van der Waals surface area contributed by atoms with Gasteiger partial charge in [-0.1, -0.05) is 0 Å². The number of aromatic nitrogens is 2. The summed E-state index contributed by atoms with van der Waals surface area (Å²) in [7, 11) is 4.36. The van der Waals surface area contributed by atoms with Crippen LogP contribution in [-0.2, 0) is 46.3 Å². The number of carbonyl (C=O) groups excluding carboxylic acids is 2. The van der Waals surface area contributed by atoms with Crippen LogP contribution in [0, 0.1) is 41.4 Å². The normalized spacial score (nSPS) is 17.4. The van der Waals surface area contributed by atoms with E-state index in [0.717, 1.165) is 125 Å². The molecule has 0 spiro atoms. The fourth-order valence-electron chi connectivity index (χ4n) is 10.3. The van der Waals surface area contributed by atoms with Crippen molar-refractivity contribution < 1.29 is 48.8 Å². The minimum Gasteiger partial charge on any atom is -0.481 e. The maximum atomic E-state index is 11.5. The topological polar surface area (TPSA) is 221 Å². The quantitative estimate of drug-likeness (QED) is 0.0465. The molecule has 0 atom stereocenters. The lowest BCUT2D eigenvalue weighted by Crippen LogP contribution is -2.31. The van der Waals surface area contributed by atoms with Gasteiger partial charge < -0.3 is 45.2 Å². The molecular formula is C57H94N6O10. The summed E-state index contributed by atoms with van der Waals surface area (Å²) in [5, 5.41) is 35.0. The molecule has 0 saturated carbocycles. The Morgan fingerprint density at radius 1 is 0.507 bits per heavy atom. The molecule has 4 saturated heterocycles. The maximum absolute atomic E-state index is 11.5. The molecule has 0 aliphatic carbocycles. The third-order valence-corrected chi connectivity index (χ3v) is 15.3. The number of ether oxygens (including phenoxy) is 2. The van der Waals surface area contributed by atoms with Crippen molar-refractivity contribution in [1.29, 1.82) is 0 Å². The van der Waals surface area contributed by atoms with Crippen LogP contribution in [0.15, 0.2) is 49.1 Å². The van der Waals surface area contributed by atoms with Gasteiger partial charge in [-0.25, -0.2) is 0 Å². The number of likely N-dealkylation sites (tertiary alicyclic amines) is 2. The van der Waals surface area contributed by atoms with Gasteiger partial charge in [-0.15, -0.1) is 0 Å². The lowest BCUT2D eigenvalue weighted by molar-refractivity contribution is -0.154. The van der Waals surface area contributed by atoms with E-state index in [9.17, 15) is 39.3 Å². The Balaban J connectivity index is 0.000000263. The van der Waals surface area contributed by atoms with E-state index >= 15 is 0 Å². The fraction of sp³-hybridized carbons (Fsp3) is 0.737. The summed E-state index contributed by atoms with van der Waals surface area (Å²) < 4.78 is 9.04. The Bertz CT molecular complexity index is 1680. The number of carboxylic acids is 3. The van der Waals surface area contributed by atoms with Gasteiger partial charge in [0, 0.05) is 24.8 Å². The molecule has 0 amide bonds. The van der Waals surface area contributed by atoms with Gasteiger partial charge >= 0.3 is 29.8 Å². The first kappa shape index (κ1) is 62.8. The van der Waals surface area contributed by atoms with E-state index in [0.29, 0.717) is 12.8 Å². The molecule has 16 nitrogen and oxygen atoms in total. The molecule has 16 heteroatoms. The SMILES string of the molecule is CCOC(=O)CC(=O)OCC.CN1CCC(CCC(CCC2CCN(C)CC2)C(=O)O)CC1.O=C(O)C(CCC1CCNCC1)CCC1CCNCC1.O=C(O)C(CCc1ccncc1)CCc1ccncc1. The van der Waals surface area contributed by atoms with E-state index in [1.54, 1.807) is 38.6 Å². The Morgan fingerprint density at radius 2 is 0.795 bits per heavy atom. The number of nitrogens with one attached hydrogen (secondary N) is 2. The number of carbonyl (C=O) groups is 5. The van der Waals surface area contributed by atoms with Crippen LogP contribution in [0.3, 0.4) is 0 Å². The Morgan fingerprint density at radius 3 is 1.08 bits per heavy atom. The van der Waals surface area contributed by atoms with E-state index in [1.807, 2.05) is 24.3 Å². The summed E-state index contributed by atoms with van der Waals surface area (Å²) in [4.78, 5) is 68.2. The second-order valence-electron chi connectivity index (χ2n) is 20.9. The van der Waals surface area contributed by atoms with Crippen molar-refractivity contribution in [3.8, 4) is 0 Å². The highest BCUT2D eigenvalue weighted by molar-refractivity contribution is 5.91. The van der Waals surface area contributed by atoms with Crippen molar-refractivity contribution in [2.45, 2.75) is 149 Å². The van der Waals surface area contributed by atoms with Crippen LogP contribution in [0.25, 0.3) is 0 Å². The second-order valence-corrected chi connectivity index (χ2v) is 20.9. The highest BCUT2D eigenvalue weighted by Crippen LogP contribution is 2.29. The summed E-state index contributed by atoms with van der Waals surface area (Å²) in [6.07, 6.45) is 27.4. The maximum Gasteiger partial charge on any atom is 0.317 e. The number of hydrogen-bond donors (Lipinski definition) is 5. The first-order valence-corrected chi connectivity index (χ1v) is 27.8. The minimum atomic E-state index is -0.715. The highest BCUT2D eigenvalue weighted by Gasteiger charge is 2.26. The third-order valence-electron chi connectivity index (χ3n) is 15.3. The lowest BCUT2D eigenvalue weighted by atomic mass is 9.84. The summed E-state index contributed by atoms with van der Waals surface area (Å²) in [5.41, 5.74) is 2.27. The average molecular weight is 1020 g/mol. The molecule has 4 aliphatic rings. The zero-order valence-electron chi connectivity index (χ0n) is 45.1. The molecule has 412 valence electrons. The molecule has 6 rings (SSSR count). The molecule has 2 aromatic heterocycles. The zero-order chi connectivity index (χ0) is 53.1. The molecular weight excluding hydrogens is 929 g/mol. The predicted octanol–water partition coefficient (Wildman–Crippen LogP) is 8.42. The van der Waals surface area contributed by atoms with Crippen molar-refractivity contribution in [2.24, 2.45) is 41.4 Å². The first-order chi connectivity index (χ1) is 35.3. The highest BCUT2D eigenvalue weighted by atomic mass is 16.6. The summed E-state index contributed by atoms with van der Waals surface area (Å²) >= 11 is 0. The van der Waals surface area contributed by atoms with E-state index in [4.69, 9.17) is 0 Å². The number of nitrogens with zero attached hydrogens (tertiary/aromatic N) is 4. The van der Waals surface area contributed by atoms with Gasteiger partial charge in [0.2, 0.25) is 0 Å². The summed E-state index contributed by atoms with van der Waals surface area (Å²) in [6, 6.07) is 7.73. The molecule has 2 aromatic rings. The Hall–Kier alpha value is -4.51. The van der Waals surface area contributed by atoms with Crippen molar-refractivity contribution in [1.82, 2.24) is 30.4 Å². The number of pyridine rings is 2. The van der Waals surface area contributed by atoms with Crippen LogP contribution in [0.1, 0.15) is 147 Å². The zero-order valence-corrected chi connectivity index (χ0v) is 45.1. The number of esters is 2. The molecule has 73 heavy (non-hydrogen) atoms. The van der Waals surface area contributed by atoms with Crippen LogP contribution >= 0.6 is 0 Å². The second kappa shape index (κ2) is 38.1. The fourth-order valence-corrected chi connectivity index (χ4v) is 10.3. The monoisotopic (exact) mass is 1020 g/mol. The van der Waals surface area contributed by atoms with E-state index in [1.165, 1.54) is 77.5 Å². The summed E-state index contributed by atoms with van der Waals surface area (Å²) in [6.45, 7) is 13.1. The van der Waals surface area contributed by atoms with Gasteiger partial charge in [0.15, 0.2) is 0 Å². The Kier molecular flexibility index (Phi) is 32.8. The van der Waals surface area contributed by atoms with Crippen molar-refractivity contribution in [3.05, 3.63) is 60.2 Å². The molecule has 4 fully saturated rings. The van der Waals surface area contributed by atoms with Crippen molar-refractivity contribution in [3.63, 3.8) is 0 Å². The molecule has 4 aliphatic heterocycles. The van der Waals surface area contributed by atoms with E-state index < -0.39 is 29.8 Å². The smallest absolute Gasteiger partial charge is 0.317 e. The van der Waals surface area contributed by atoms with Crippen LogP contribution in [0.5, 0.6) is 0 Å². The van der Waals surface area contributed by atoms with Gasteiger partial charge in [-0.05, 0) is 268 Å². The number of carboxylic acid groups (broad SMARTS) is 3. The van der Waals surface area contributed by atoms with Gasteiger partial charge in [-0.3, -0.25) is 33.9 Å². The number of aryl methyl sites for hydroxylation is 2. The molecule has 5 N–H and O–H groups in total. The average Bonchev–Trinajstić information content (AvgIpc) is 3.39. The lowest BCUT2D eigenvalue weighted by Gasteiger charge is -2.30. The van der Waals surface area contributed by atoms with Gasteiger partial charge in [0.05, 0.1) is 31.0 Å². The van der Waals surface area contributed by atoms with Crippen LogP contribution < -0.4 is 10.6 Å². The third kappa shape index (κ3) is 29.2. The Labute approximate surface area is 437 Å². The first-order valence-electron chi connectivity index (χ1n) is 27.8. The van der Waals surface area contributed by atoms with Crippen LogP contribution in [-0.4, -0.2) is 145 Å². The molecule has 0 radical (unpaired) electrons. The molecule has 0 aromatic carbocycles. The van der Waals surface area contributed by atoms with E-state index in [2.05, 4.69) is 54.0 Å². The van der Waals surface area contributed by atoms with Crippen LogP contribution in [0.4, 0.5) is 0 Å². The summed E-state index contributed by atoms with van der Waals surface area (Å²) in [5.74, 6) is -0.467. The van der Waals surface area contributed by atoms with E-state index in [-0.39, 0.29) is 37.4 Å². The molecule has 6 heterocycles. The van der Waals surface area contributed by atoms with Gasteiger partial charge in [0.1, 0.15) is 6.42 Å². The van der Waals surface area contributed by atoms with Gasteiger partial charge in [-0.2, -0.15) is 0 Å². The number of piperidine rings is 4. The number of rotatable bonds is 25.